The SMILES string of the molecule is CC(=O)SCC=Cc1ccc(F)c(Br)c1. The summed E-state index contributed by atoms with van der Waals surface area (Å²) in [5, 5.41) is 0.0972. The summed E-state index contributed by atoms with van der Waals surface area (Å²) in [4.78, 5) is 10.6. The minimum atomic E-state index is -0.273. The van der Waals surface area contributed by atoms with Crippen molar-refractivity contribution in [2.45, 2.75) is 6.92 Å². The third-order valence-electron chi connectivity index (χ3n) is 1.64. The Balaban J connectivity index is 2.57. The Morgan fingerprint density at radius 2 is 2.33 bits per heavy atom. The van der Waals surface area contributed by atoms with E-state index in [-0.39, 0.29) is 10.9 Å². The molecule has 0 atom stereocenters. The molecule has 1 aromatic rings. The Morgan fingerprint density at radius 1 is 1.60 bits per heavy atom. The summed E-state index contributed by atoms with van der Waals surface area (Å²) < 4.78 is 13.3. The molecule has 0 fully saturated rings. The maximum Gasteiger partial charge on any atom is 0.186 e. The van der Waals surface area contributed by atoms with Gasteiger partial charge in [0.2, 0.25) is 0 Å². The zero-order chi connectivity index (χ0) is 11.3. The molecule has 1 aromatic carbocycles. The summed E-state index contributed by atoms with van der Waals surface area (Å²) in [5.74, 6) is 0.370. The predicted octanol–water partition coefficient (Wildman–Crippen LogP) is 3.88. The van der Waals surface area contributed by atoms with Gasteiger partial charge in [0.1, 0.15) is 5.82 Å². The van der Waals surface area contributed by atoms with Crippen LogP contribution in [0.5, 0.6) is 0 Å². The molecule has 0 amide bonds. The largest absolute Gasteiger partial charge is 0.288 e. The van der Waals surface area contributed by atoms with Crippen molar-refractivity contribution in [2.75, 3.05) is 5.75 Å². The molecule has 0 aliphatic heterocycles. The summed E-state index contributed by atoms with van der Waals surface area (Å²) in [6, 6.07) is 4.79. The molecule has 0 spiro atoms. The fourth-order valence-electron chi connectivity index (χ4n) is 0.966. The van der Waals surface area contributed by atoms with Crippen LogP contribution in [0.25, 0.3) is 6.08 Å². The van der Waals surface area contributed by atoms with Crippen LogP contribution in [0.15, 0.2) is 28.7 Å². The van der Waals surface area contributed by atoms with Crippen molar-refractivity contribution in [2.24, 2.45) is 0 Å². The smallest absolute Gasteiger partial charge is 0.186 e. The molecular weight excluding hydrogens is 279 g/mol. The van der Waals surface area contributed by atoms with Crippen molar-refractivity contribution < 1.29 is 9.18 Å². The maximum atomic E-state index is 12.9. The first kappa shape index (κ1) is 12.5. The Hall–Kier alpha value is -0.610. The molecule has 1 rings (SSSR count). The minimum Gasteiger partial charge on any atom is -0.288 e. The van der Waals surface area contributed by atoms with Crippen molar-refractivity contribution in [1.82, 2.24) is 0 Å². The summed E-state index contributed by atoms with van der Waals surface area (Å²) in [6.45, 7) is 1.53. The fourth-order valence-corrected chi connectivity index (χ4v) is 1.79. The van der Waals surface area contributed by atoms with Crippen molar-refractivity contribution in [1.29, 1.82) is 0 Å². The van der Waals surface area contributed by atoms with E-state index < -0.39 is 0 Å². The number of rotatable bonds is 3. The number of thioether (sulfide) groups is 1. The Labute approximate surface area is 101 Å². The van der Waals surface area contributed by atoms with Gasteiger partial charge in [-0.2, -0.15) is 0 Å². The van der Waals surface area contributed by atoms with Gasteiger partial charge in [0, 0.05) is 12.7 Å². The van der Waals surface area contributed by atoms with Crippen LogP contribution in [0.1, 0.15) is 12.5 Å². The number of carbonyl (C=O) groups is 1. The molecule has 0 saturated carbocycles. The molecule has 4 heteroatoms. The highest BCUT2D eigenvalue weighted by atomic mass is 79.9. The minimum absolute atomic E-state index is 0.0972. The molecule has 80 valence electrons. The van der Waals surface area contributed by atoms with Gasteiger partial charge in [-0.05, 0) is 33.6 Å². The molecule has 0 unspecified atom stereocenters. The Morgan fingerprint density at radius 3 is 2.93 bits per heavy atom. The van der Waals surface area contributed by atoms with E-state index in [2.05, 4.69) is 15.9 Å². The summed E-state index contributed by atoms with van der Waals surface area (Å²) >= 11 is 4.36. The summed E-state index contributed by atoms with van der Waals surface area (Å²) in [7, 11) is 0. The molecule has 0 N–H and O–H groups in total. The van der Waals surface area contributed by atoms with Crippen LogP contribution in [-0.4, -0.2) is 10.9 Å². The van der Waals surface area contributed by atoms with Gasteiger partial charge in [-0.3, -0.25) is 4.79 Å². The van der Waals surface area contributed by atoms with Gasteiger partial charge in [-0.25, -0.2) is 4.39 Å². The van der Waals surface area contributed by atoms with Crippen molar-refractivity contribution in [3.63, 3.8) is 0 Å². The van der Waals surface area contributed by atoms with E-state index in [4.69, 9.17) is 0 Å². The van der Waals surface area contributed by atoms with E-state index in [0.29, 0.717) is 10.2 Å². The van der Waals surface area contributed by atoms with Gasteiger partial charge in [-0.1, -0.05) is 30.0 Å². The molecule has 0 aromatic heterocycles. The quantitative estimate of drug-likeness (QED) is 0.840. The van der Waals surface area contributed by atoms with Crippen LogP contribution in [0.3, 0.4) is 0 Å². The van der Waals surface area contributed by atoms with Crippen LogP contribution in [-0.2, 0) is 4.79 Å². The van der Waals surface area contributed by atoms with Gasteiger partial charge >= 0.3 is 0 Å². The number of hydrogen-bond donors (Lipinski definition) is 0. The molecular formula is C11H10BrFOS. The van der Waals surface area contributed by atoms with Gasteiger partial charge in [0.25, 0.3) is 0 Å². The lowest BCUT2D eigenvalue weighted by Gasteiger charge is -1.96. The second-order valence-corrected chi connectivity index (χ2v) is 4.93. The average Bonchev–Trinajstić information content (AvgIpc) is 2.18. The zero-order valence-corrected chi connectivity index (χ0v) is 10.6. The number of halogens is 2. The van der Waals surface area contributed by atoms with Crippen LogP contribution < -0.4 is 0 Å². The van der Waals surface area contributed by atoms with Gasteiger partial charge < -0.3 is 0 Å². The molecule has 0 aliphatic carbocycles. The first-order chi connectivity index (χ1) is 7.09. The van der Waals surface area contributed by atoms with Crippen molar-refractivity contribution in [3.05, 3.63) is 40.1 Å². The third-order valence-corrected chi connectivity index (χ3v) is 3.01. The average molecular weight is 289 g/mol. The Kier molecular flexibility index (Phi) is 5.05. The number of carbonyl (C=O) groups excluding carboxylic acids is 1. The number of benzene rings is 1. The van der Waals surface area contributed by atoms with E-state index in [1.807, 2.05) is 12.2 Å². The lowest BCUT2D eigenvalue weighted by Crippen LogP contribution is -1.82. The highest BCUT2D eigenvalue weighted by molar-refractivity contribution is 9.10. The first-order valence-corrected chi connectivity index (χ1v) is 6.12. The first-order valence-electron chi connectivity index (χ1n) is 4.34. The lowest BCUT2D eigenvalue weighted by atomic mass is 10.2. The summed E-state index contributed by atoms with van der Waals surface area (Å²) in [5.41, 5.74) is 0.910. The maximum absolute atomic E-state index is 12.9. The molecule has 0 saturated heterocycles. The highest BCUT2D eigenvalue weighted by Crippen LogP contribution is 2.17. The fraction of sp³-hybridized carbons (Fsp3) is 0.182. The van der Waals surface area contributed by atoms with E-state index in [1.165, 1.54) is 24.8 Å². The van der Waals surface area contributed by atoms with Crippen LogP contribution in [0.4, 0.5) is 4.39 Å². The second kappa shape index (κ2) is 6.08. The topological polar surface area (TPSA) is 17.1 Å². The van der Waals surface area contributed by atoms with E-state index >= 15 is 0 Å². The van der Waals surface area contributed by atoms with E-state index in [0.717, 1.165) is 5.56 Å². The van der Waals surface area contributed by atoms with Gasteiger partial charge in [0.05, 0.1) is 4.47 Å². The molecule has 1 nitrogen and oxygen atoms in total. The Bertz CT molecular complexity index is 390. The van der Waals surface area contributed by atoms with Gasteiger partial charge in [-0.15, -0.1) is 0 Å². The lowest BCUT2D eigenvalue weighted by molar-refractivity contribution is -0.109. The normalized spacial score (nSPS) is 10.9. The van der Waals surface area contributed by atoms with Crippen molar-refractivity contribution >= 4 is 38.9 Å². The van der Waals surface area contributed by atoms with Crippen molar-refractivity contribution in [3.8, 4) is 0 Å². The molecule has 0 heterocycles. The monoisotopic (exact) mass is 288 g/mol. The summed E-state index contributed by atoms with van der Waals surface area (Å²) in [6.07, 6.45) is 3.74. The van der Waals surface area contributed by atoms with E-state index in [9.17, 15) is 9.18 Å². The van der Waals surface area contributed by atoms with Crippen LogP contribution in [0.2, 0.25) is 0 Å². The predicted molar refractivity (Wildman–Crippen MR) is 66.3 cm³/mol. The van der Waals surface area contributed by atoms with Gasteiger partial charge in [0.15, 0.2) is 5.12 Å². The highest BCUT2D eigenvalue weighted by Gasteiger charge is 1.97. The zero-order valence-electron chi connectivity index (χ0n) is 8.17. The van der Waals surface area contributed by atoms with Crippen LogP contribution >= 0.6 is 27.7 Å². The molecule has 0 radical (unpaired) electrons. The van der Waals surface area contributed by atoms with Crippen LogP contribution in [0, 0.1) is 5.82 Å². The van der Waals surface area contributed by atoms with E-state index in [1.54, 1.807) is 12.1 Å². The molecule has 0 bridgehead atoms. The second-order valence-electron chi connectivity index (χ2n) is 2.88. The standard InChI is InChI=1S/C11H10BrFOS/c1-8(14)15-6-2-3-9-4-5-11(13)10(12)7-9/h2-5,7H,6H2,1H3. The molecule has 0 aliphatic rings. The number of hydrogen-bond acceptors (Lipinski definition) is 2. The third kappa shape index (κ3) is 4.62. The molecule has 15 heavy (non-hydrogen) atoms.